The Morgan fingerprint density at radius 3 is 2.94 bits per heavy atom. The Balaban J connectivity index is 2.10. The first kappa shape index (κ1) is 11.8. The first-order valence-corrected chi connectivity index (χ1v) is 7.14. The maximum atomic E-state index is 4.91. The number of thiazole rings is 1. The second kappa shape index (κ2) is 5.11. The van der Waals surface area contributed by atoms with Crippen LogP contribution in [0.5, 0.6) is 0 Å². The molecule has 0 saturated heterocycles. The lowest BCUT2D eigenvalue weighted by Gasteiger charge is -2.00. The molecule has 2 N–H and O–H groups in total. The van der Waals surface area contributed by atoms with Crippen LogP contribution in [0.25, 0.3) is 10.7 Å². The van der Waals surface area contributed by atoms with Crippen LogP contribution in [0.2, 0.25) is 0 Å². The SMILES string of the molecule is CC(C)SCc1ncc(-c2nc(=S)[nH][nH]2)s1. The number of aromatic nitrogens is 4. The molecule has 0 atom stereocenters. The van der Waals surface area contributed by atoms with Gasteiger partial charge in [-0.25, -0.2) is 4.98 Å². The molecule has 16 heavy (non-hydrogen) atoms. The molecule has 0 aliphatic rings. The van der Waals surface area contributed by atoms with Crippen molar-refractivity contribution in [3.63, 3.8) is 0 Å². The molecule has 0 saturated carbocycles. The van der Waals surface area contributed by atoms with Gasteiger partial charge in [0.25, 0.3) is 0 Å². The van der Waals surface area contributed by atoms with Gasteiger partial charge in [0, 0.05) is 11.9 Å². The van der Waals surface area contributed by atoms with Crippen molar-refractivity contribution in [2.75, 3.05) is 0 Å². The van der Waals surface area contributed by atoms with Crippen LogP contribution in [0.1, 0.15) is 18.9 Å². The molecule has 2 aromatic rings. The molecular weight excluding hydrogens is 260 g/mol. The van der Waals surface area contributed by atoms with Crippen molar-refractivity contribution in [3.8, 4) is 10.7 Å². The first-order valence-electron chi connectivity index (χ1n) is 4.86. The lowest BCUT2D eigenvalue weighted by atomic mass is 10.5. The van der Waals surface area contributed by atoms with Gasteiger partial charge < -0.3 is 0 Å². The molecule has 0 fully saturated rings. The van der Waals surface area contributed by atoms with Crippen molar-refractivity contribution in [1.29, 1.82) is 0 Å². The maximum absolute atomic E-state index is 4.91. The summed E-state index contributed by atoms with van der Waals surface area (Å²) in [5, 5.41) is 7.45. The van der Waals surface area contributed by atoms with E-state index < -0.39 is 0 Å². The molecule has 0 aromatic carbocycles. The Morgan fingerprint density at radius 1 is 1.50 bits per heavy atom. The van der Waals surface area contributed by atoms with E-state index in [4.69, 9.17) is 12.2 Å². The number of nitrogens with zero attached hydrogens (tertiary/aromatic N) is 2. The van der Waals surface area contributed by atoms with E-state index in [1.54, 1.807) is 11.3 Å². The van der Waals surface area contributed by atoms with E-state index >= 15 is 0 Å². The van der Waals surface area contributed by atoms with E-state index in [9.17, 15) is 0 Å². The van der Waals surface area contributed by atoms with Crippen LogP contribution in [0.15, 0.2) is 6.20 Å². The van der Waals surface area contributed by atoms with E-state index in [1.165, 1.54) is 0 Å². The Bertz CT molecular complexity index is 511. The molecule has 0 bridgehead atoms. The zero-order valence-corrected chi connectivity index (χ0v) is 11.4. The van der Waals surface area contributed by atoms with Crippen LogP contribution in [-0.4, -0.2) is 25.4 Å². The van der Waals surface area contributed by atoms with Crippen LogP contribution in [0.3, 0.4) is 0 Å². The Hall–Kier alpha value is -0.660. The van der Waals surface area contributed by atoms with Crippen LogP contribution in [0.4, 0.5) is 0 Å². The predicted molar refractivity (Wildman–Crippen MR) is 71.3 cm³/mol. The molecule has 2 heterocycles. The van der Waals surface area contributed by atoms with Crippen molar-refractivity contribution in [3.05, 3.63) is 16.0 Å². The standard InChI is InChI=1S/C9H12N4S3/c1-5(2)15-4-7-10-3-6(16-7)8-11-9(14)13-12-8/h3,5H,4H2,1-2H3,(H2,11,12,13,14). The normalized spacial score (nSPS) is 11.2. The summed E-state index contributed by atoms with van der Waals surface area (Å²) in [5.41, 5.74) is 0. The number of rotatable bonds is 4. The van der Waals surface area contributed by atoms with E-state index in [2.05, 4.69) is 34.0 Å². The molecule has 2 rings (SSSR count). The van der Waals surface area contributed by atoms with Gasteiger partial charge in [0.15, 0.2) is 5.82 Å². The highest BCUT2D eigenvalue weighted by molar-refractivity contribution is 7.99. The van der Waals surface area contributed by atoms with Gasteiger partial charge in [-0.15, -0.1) is 11.3 Å². The zero-order chi connectivity index (χ0) is 11.5. The lowest BCUT2D eigenvalue weighted by Crippen LogP contribution is -1.87. The summed E-state index contributed by atoms with van der Waals surface area (Å²) in [7, 11) is 0. The number of nitrogens with one attached hydrogen (secondary N) is 2. The third-order valence-corrected chi connectivity index (χ3v) is 4.32. The monoisotopic (exact) mass is 272 g/mol. The molecule has 0 spiro atoms. The van der Waals surface area contributed by atoms with Gasteiger partial charge >= 0.3 is 0 Å². The number of hydrogen-bond acceptors (Lipinski definition) is 5. The molecule has 0 aliphatic carbocycles. The number of thioether (sulfide) groups is 1. The lowest BCUT2D eigenvalue weighted by molar-refractivity contribution is 1.08. The molecule has 2 aromatic heterocycles. The Morgan fingerprint density at radius 2 is 2.31 bits per heavy atom. The van der Waals surface area contributed by atoms with Crippen molar-refractivity contribution >= 4 is 35.3 Å². The first-order chi connectivity index (χ1) is 7.65. The predicted octanol–water partition coefficient (Wildman–Crippen LogP) is 3.23. The van der Waals surface area contributed by atoms with Gasteiger partial charge in [0.2, 0.25) is 4.77 Å². The van der Waals surface area contributed by atoms with E-state index in [-0.39, 0.29) is 0 Å². The fourth-order valence-corrected chi connectivity index (χ4v) is 2.90. The highest BCUT2D eigenvalue weighted by atomic mass is 32.2. The summed E-state index contributed by atoms with van der Waals surface area (Å²) in [5.74, 6) is 1.72. The smallest absolute Gasteiger partial charge is 0.213 e. The topological polar surface area (TPSA) is 57.4 Å². The van der Waals surface area contributed by atoms with Crippen LogP contribution in [-0.2, 0) is 5.75 Å². The average Bonchev–Trinajstić information content (AvgIpc) is 2.83. The summed E-state index contributed by atoms with van der Waals surface area (Å²) < 4.78 is 0.474. The molecule has 0 radical (unpaired) electrons. The summed E-state index contributed by atoms with van der Waals surface area (Å²) in [4.78, 5) is 9.54. The van der Waals surface area contributed by atoms with Gasteiger partial charge in [-0.2, -0.15) is 16.7 Å². The van der Waals surface area contributed by atoms with E-state index in [0.717, 1.165) is 21.5 Å². The summed E-state index contributed by atoms with van der Waals surface area (Å²) in [6, 6.07) is 0. The van der Waals surface area contributed by atoms with Gasteiger partial charge in [0.05, 0.1) is 4.88 Å². The van der Waals surface area contributed by atoms with Crippen LogP contribution in [0, 0.1) is 4.77 Å². The summed E-state index contributed by atoms with van der Waals surface area (Å²) >= 11 is 8.44. The third kappa shape index (κ3) is 2.93. The molecule has 86 valence electrons. The molecular formula is C9H12N4S3. The zero-order valence-electron chi connectivity index (χ0n) is 8.98. The van der Waals surface area contributed by atoms with Gasteiger partial charge in [-0.3, -0.25) is 10.2 Å². The van der Waals surface area contributed by atoms with Crippen molar-refractivity contribution in [2.45, 2.75) is 24.9 Å². The van der Waals surface area contributed by atoms with Crippen molar-refractivity contribution in [2.24, 2.45) is 0 Å². The van der Waals surface area contributed by atoms with Gasteiger partial charge in [0.1, 0.15) is 5.01 Å². The fraction of sp³-hybridized carbons (Fsp3) is 0.444. The second-order valence-corrected chi connectivity index (χ2v) is 6.56. The minimum atomic E-state index is 0.474. The molecule has 7 heteroatoms. The highest BCUT2D eigenvalue weighted by Gasteiger charge is 2.07. The number of hydrogen-bond donors (Lipinski definition) is 2. The van der Waals surface area contributed by atoms with Crippen LogP contribution < -0.4 is 0 Å². The molecule has 4 nitrogen and oxygen atoms in total. The van der Waals surface area contributed by atoms with E-state index in [0.29, 0.717) is 10.0 Å². The minimum absolute atomic E-state index is 0.474. The quantitative estimate of drug-likeness (QED) is 0.839. The van der Waals surface area contributed by atoms with Crippen LogP contribution >= 0.6 is 35.3 Å². The van der Waals surface area contributed by atoms with Crippen molar-refractivity contribution < 1.29 is 0 Å². The Labute approximate surface area is 107 Å². The number of aromatic amines is 2. The molecule has 0 aliphatic heterocycles. The molecule has 0 unspecified atom stereocenters. The average molecular weight is 272 g/mol. The molecule has 0 amide bonds. The summed E-state index contributed by atoms with van der Waals surface area (Å²) in [6.07, 6.45) is 1.84. The maximum Gasteiger partial charge on any atom is 0.213 e. The van der Waals surface area contributed by atoms with E-state index in [1.807, 2.05) is 18.0 Å². The second-order valence-electron chi connectivity index (χ2n) is 3.49. The summed E-state index contributed by atoms with van der Waals surface area (Å²) in [6.45, 7) is 4.37. The van der Waals surface area contributed by atoms with Gasteiger partial charge in [-0.1, -0.05) is 13.8 Å². The Kier molecular flexibility index (Phi) is 3.78. The van der Waals surface area contributed by atoms with Gasteiger partial charge in [-0.05, 0) is 17.5 Å². The van der Waals surface area contributed by atoms with Crippen molar-refractivity contribution in [1.82, 2.24) is 20.2 Å². The largest absolute Gasteiger partial charge is 0.281 e. The fourth-order valence-electron chi connectivity index (χ4n) is 1.11. The third-order valence-electron chi connectivity index (χ3n) is 1.83. The minimum Gasteiger partial charge on any atom is -0.281 e. The number of H-pyrrole nitrogens is 2. The highest BCUT2D eigenvalue weighted by Crippen LogP contribution is 2.26.